The molecule has 1 aromatic heterocycles. The molecule has 0 atom stereocenters. The lowest BCUT2D eigenvalue weighted by atomic mass is 9.98. The summed E-state index contributed by atoms with van der Waals surface area (Å²) in [5, 5.41) is 10.7. The van der Waals surface area contributed by atoms with E-state index in [1.54, 1.807) is 24.3 Å². The summed E-state index contributed by atoms with van der Waals surface area (Å²) in [7, 11) is 0. The standard InChI is InChI=1S/C25H17Cl2N3O/c26-18-9-10-20(23(27)12-18)24-13-21(22(14-28)25(29)30-24)17-7-4-8-19(11-17)31-15-16-5-2-1-3-6-16/h1-13H,15H2,(H2,29,30). The van der Waals surface area contributed by atoms with Gasteiger partial charge in [0.05, 0.1) is 10.7 Å². The second-order valence-corrected chi connectivity index (χ2v) is 7.70. The maximum atomic E-state index is 9.69. The molecule has 1 heterocycles. The second kappa shape index (κ2) is 9.09. The molecule has 0 aliphatic rings. The van der Waals surface area contributed by atoms with Crippen molar-refractivity contribution < 1.29 is 4.74 Å². The van der Waals surface area contributed by atoms with Gasteiger partial charge in [0.15, 0.2) is 0 Å². The van der Waals surface area contributed by atoms with Crippen LogP contribution in [0.1, 0.15) is 11.1 Å². The number of pyridine rings is 1. The molecule has 152 valence electrons. The Hall–Kier alpha value is -3.52. The molecule has 0 saturated heterocycles. The highest BCUT2D eigenvalue weighted by Crippen LogP contribution is 2.35. The van der Waals surface area contributed by atoms with Crippen molar-refractivity contribution in [3.63, 3.8) is 0 Å². The van der Waals surface area contributed by atoms with Gasteiger partial charge >= 0.3 is 0 Å². The fourth-order valence-corrected chi connectivity index (χ4v) is 3.74. The summed E-state index contributed by atoms with van der Waals surface area (Å²) in [6.07, 6.45) is 0. The van der Waals surface area contributed by atoms with Crippen molar-refractivity contribution >= 4 is 29.0 Å². The Bertz CT molecular complexity index is 1280. The fraction of sp³-hybridized carbons (Fsp3) is 0.0400. The summed E-state index contributed by atoms with van der Waals surface area (Å²) in [5.74, 6) is 0.823. The van der Waals surface area contributed by atoms with Gasteiger partial charge in [-0.1, -0.05) is 65.7 Å². The topological polar surface area (TPSA) is 71.9 Å². The van der Waals surface area contributed by atoms with E-state index in [1.165, 1.54) is 0 Å². The molecule has 0 unspecified atom stereocenters. The normalized spacial score (nSPS) is 10.5. The van der Waals surface area contributed by atoms with Crippen LogP contribution in [0.3, 0.4) is 0 Å². The minimum Gasteiger partial charge on any atom is -0.489 e. The molecule has 2 N–H and O–H groups in total. The predicted molar refractivity (Wildman–Crippen MR) is 125 cm³/mol. The van der Waals surface area contributed by atoms with E-state index in [-0.39, 0.29) is 5.82 Å². The molecule has 4 nitrogen and oxygen atoms in total. The number of rotatable bonds is 5. The van der Waals surface area contributed by atoms with Gasteiger partial charge in [-0.3, -0.25) is 0 Å². The Morgan fingerprint density at radius 3 is 2.45 bits per heavy atom. The molecular weight excluding hydrogens is 429 g/mol. The van der Waals surface area contributed by atoms with Crippen molar-refractivity contribution in [2.45, 2.75) is 6.61 Å². The van der Waals surface area contributed by atoms with Crippen molar-refractivity contribution in [1.82, 2.24) is 4.98 Å². The van der Waals surface area contributed by atoms with Crippen LogP contribution in [-0.4, -0.2) is 4.98 Å². The quantitative estimate of drug-likeness (QED) is 0.368. The number of aromatic nitrogens is 1. The third kappa shape index (κ3) is 4.64. The highest BCUT2D eigenvalue weighted by atomic mass is 35.5. The molecule has 0 radical (unpaired) electrons. The molecule has 0 bridgehead atoms. The first-order valence-corrected chi connectivity index (χ1v) is 10.2. The number of nitrogen functional groups attached to an aromatic ring is 1. The Morgan fingerprint density at radius 2 is 1.71 bits per heavy atom. The molecule has 4 rings (SSSR count). The zero-order valence-electron chi connectivity index (χ0n) is 16.3. The van der Waals surface area contributed by atoms with Crippen molar-refractivity contribution in [2.24, 2.45) is 0 Å². The van der Waals surface area contributed by atoms with Crippen LogP contribution in [0.25, 0.3) is 22.4 Å². The molecule has 0 spiro atoms. The molecular formula is C25H17Cl2N3O. The van der Waals surface area contributed by atoms with Gasteiger partial charge in [0.25, 0.3) is 0 Å². The van der Waals surface area contributed by atoms with Gasteiger partial charge in [-0.05, 0) is 47.5 Å². The van der Waals surface area contributed by atoms with Gasteiger partial charge in [0.2, 0.25) is 0 Å². The summed E-state index contributed by atoms with van der Waals surface area (Å²) in [5.41, 5.74) is 10.2. The van der Waals surface area contributed by atoms with E-state index in [2.05, 4.69) is 11.1 Å². The zero-order chi connectivity index (χ0) is 21.8. The van der Waals surface area contributed by atoms with Gasteiger partial charge in [0, 0.05) is 16.1 Å². The van der Waals surface area contributed by atoms with Crippen LogP contribution < -0.4 is 10.5 Å². The SMILES string of the molecule is N#Cc1c(-c2cccc(OCc3ccccc3)c2)cc(-c2ccc(Cl)cc2Cl)nc1N. The van der Waals surface area contributed by atoms with Crippen LogP contribution in [0.5, 0.6) is 5.75 Å². The van der Waals surface area contributed by atoms with Crippen LogP contribution >= 0.6 is 23.2 Å². The average Bonchev–Trinajstić information content (AvgIpc) is 2.78. The van der Waals surface area contributed by atoms with Gasteiger partial charge in [-0.2, -0.15) is 5.26 Å². The second-order valence-electron chi connectivity index (χ2n) is 6.85. The largest absolute Gasteiger partial charge is 0.489 e. The van der Waals surface area contributed by atoms with Crippen molar-refractivity contribution in [3.05, 3.63) is 100 Å². The molecule has 0 amide bonds. The highest BCUT2D eigenvalue weighted by molar-refractivity contribution is 6.36. The van der Waals surface area contributed by atoms with Crippen LogP contribution in [0, 0.1) is 11.3 Å². The Kier molecular flexibility index (Phi) is 6.08. The molecule has 0 aliphatic heterocycles. The van der Waals surface area contributed by atoms with Crippen LogP contribution in [0.15, 0.2) is 78.9 Å². The molecule has 0 fully saturated rings. The average molecular weight is 446 g/mol. The van der Waals surface area contributed by atoms with E-state index in [9.17, 15) is 5.26 Å². The van der Waals surface area contributed by atoms with Crippen LogP contribution in [0.4, 0.5) is 5.82 Å². The third-order valence-corrected chi connectivity index (χ3v) is 5.31. The van der Waals surface area contributed by atoms with Gasteiger partial charge < -0.3 is 10.5 Å². The summed E-state index contributed by atoms with van der Waals surface area (Å²) in [6, 6.07) is 26.6. The van der Waals surface area contributed by atoms with Crippen LogP contribution in [0.2, 0.25) is 10.0 Å². The molecule has 31 heavy (non-hydrogen) atoms. The van der Waals surface area contributed by atoms with Crippen molar-refractivity contribution in [3.8, 4) is 34.2 Å². The number of benzene rings is 3. The van der Waals surface area contributed by atoms with E-state index >= 15 is 0 Å². The lowest BCUT2D eigenvalue weighted by molar-refractivity contribution is 0.306. The predicted octanol–water partition coefficient (Wildman–Crippen LogP) is 6.76. The van der Waals surface area contributed by atoms with E-state index in [1.807, 2.05) is 54.6 Å². The number of nitriles is 1. The van der Waals surface area contributed by atoms with E-state index in [4.69, 9.17) is 33.7 Å². The van der Waals surface area contributed by atoms with Crippen molar-refractivity contribution in [1.29, 1.82) is 5.26 Å². The first-order chi connectivity index (χ1) is 15.0. The number of nitrogens with two attached hydrogens (primary N) is 1. The Morgan fingerprint density at radius 1 is 0.903 bits per heavy atom. The maximum Gasteiger partial charge on any atom is 0.142 e. The number of hydrogen-bond donors (Lipinski definition) is 1. The minimum absolute atomic E-state index is 0.136. The Labute approximate surface area is 190 Å². The van der Waals surface area contributed by atoms with Gasteiger partial charge in [-0.15, -0.1) is 0 Å². The van der Waals surface area contributed by atoms with Crippen molar-refractivity contribution in [2.75, 3.05) is 5.73 Å². The molecule has 3 aromatic carbocycles. The molecule has 0 saturated carbocycles. The Balaban J connectivity index is 1.73. The van der Waals surface area contributed by atoms with E-state index in [0.717, 1.165) is 11.1 Å². The minimum atomic E-state index is 0.136. The number of halogens is 2. The smallest absolute Gasteiger partial charge is 0.142 e. The summed E-state index contributed by atoms with van der Waals surface area (Å²) >= 11 is 12.4. The molecule has 0 aliphatic carbocycles. The number of nitrogens with zero attached hydrogens (tertiary/aromatic N) is 2. The number of ether oxygens (including phenoxy) is 1. The summed E-state index contributed by atoms with van der Waals surface area (Å²) < 4.78 is 5.94. The first kappa shape index (κ1) is 20.7. The monoisotopic (exact) mass is 445 g/mol. The number of anilines is 1. The van der Waals surface area contributed by atoms with E-state index < -0.39 is 0 Å². The molecule has 6 heteroatoms. The number of hydrogen-bond acceptors (Lipinski definition) is 4. The zero-order valence-corrected chi connectivity index (χ0v) is 17.9. The first-order valence-electron chi connectivity index (χ1n) is 9.48. The van der Waals surface area contributed by atoms with Gasteiger partial charge in [0.1, 0.15) is 29.8 Å². The van der Waals surface area contributed by atoms with Crippen LogP contribution in [-0.2, 0) is 6.61 Å². The molecule has 4 aromatic rings. The summed E-state index contributed by atoms with van der Waals surface area (Å²) in [4.78, 5) is 4.39. The lowest BCUT2D eigenvalue weighted by Crippen LogP contribution is -2.00. The third-order valence-electron chi connectivity index (χ3n) is 4.76. The van der Waals surface area contributed by atoms with Gasteiger partial charge in [-0.25, -0.2) is 4.98 Å². The fourth-order valence-electron chi connectivity index (χ4n) is 3.24. The maximum absolute atomic E-state index is 9.69. The highest BCUT2D eigenvalue weighted by Gasteiger charge is 2.15. The van der Waals surface area contributed by atoms with E-state index in [0.29, 0.717) is 44.8 Å². The summed E-state index contributed by atoms with van der Waals surface area (Å²) in [6.45, 7) is 0.444. The lowest BCUT2D eigenvalue weighted by Gasteiger charge is -2.13.